The fraction of sp³-hybridized carbons (Fsp3) is 0.450. The summed E-state index contributed by atoms with van der Waals surface area (Å²) in [6, 6.07) is 4.26. The number of hydrogen-bond acceptors (Lipinski definition) is 3. The van der Waals surface area contributed by atoms with Crippen LogP contribution in [0.5, 0.6) is 0 Å². The summed E-state index contributed by atoms with van der Waals surface area (Å²) < 4.78 is 20.8. The van der Waals surface area contributed by atoms with E-state index < -0.39 is 11.8 Å². The highest BCUT2D eigenvalue weighted by Gasteiger charge is 2.23. The number of carbonyl (C=O) groups is 1. The molecule has 1 aromatic carbocycles. The summed E-state index contributed by atoms with van der Waals surface area (Å²) in [7, 11) is 0. The van der Waals surface area contributed by atoms with Crippen LogP contribution in [0.1, 0.15) is 45.7 Å². The zero-order valence-corrected chi connectivity index (χ0v) is 16.3. The Labute approximate surface area is 163 Å². The number of aromatic carboxylic acids is 1. The number of hydrogen-bond donors (Lipinski definition) is 2. The van der Waals surface area contributed by atoms with Gasteiger partial charge >= 0.3 is 5.97 Å². The molecule has 7 heteroatoms. The molecule has 1 aliphatic heterocycles. The fourth-order valence-corrected chi connectivity index (χ4v) is 3.90. The predicted molar refractivity (Wildman–Crippen MR) is 102 cm³/mol. The first kappa shape index (κ1) is 19.9. The van der Waals surface area contributed by atoms with Crippen LogP contribution in [-0.4, -0.2) is 34.9 Å². The molecule has 27 heavy (non-hydrogen) atoms. The maximum absolute atomic E-state index is 13.3. The van der Waals surface area contributed by atoms with Gasteiger partial charge in [-0.1, -0.05) is 17.7 Å². The van der Waals surface area contributed by atoms with Gasteiger partial charge in [0.2, 0.25) is 0 Å². The van der Waals surface area contributed by atoms with Gasteiger partial charge < -0.3 is 19.7 Å². The van der Waals surface area contributed by atoms with Crippen molar-refractivity contribution in [1.29, 1.82) is 0 Å². The van der Waals surface area contributed by atoms with Crippen molar-refractivity contribution < 1.29 is 19.0 Å². The van der Waals surface area contributed by atoms with Crippen molar-refractivity contribution in [2.24, 2.45) is 0 Å². The van der Waals surface area contributed by atoms with Crippen molar-refractivity contribution >= 4 is 17.6 Å². The van der Waals surface area contributed by atoms with E-state index in [-0.39, 0.29) is 6.10 Å². The quantitative estimate of drug-likeness (QED) is 0.747. The monoisotopic (exact) mass is 394 g/mol. The second-order valence-electron chi connectivity index (χ2n) is 6.92. The van der Waals surface area contributed by atoms with Gasteiger partial charge in [0.05, 0.1) is 11.7 Å². The van der Waals surface area contributed by atoms with E-state index in [1.54, 1.807) is 13.0 Å². The molecule has 5 nitrogen and oxygen atoms in total. The minimum absolute atomic E-state index is 0.194. The van der Waals surface area contributed by atoms with Crippen molar-refractivity contribution in [1.82, 2.24) is 9.88 Å². The van der Waals surface area contributed by atoms with Gasteiger partial charge in [-0.05, 0) is 44.4 Å². The Balaban J connectivity index is 1.84. The Morgan fingerprint density at radius 2 is 2.19 bits per heavy atom. The SMILES string of the molecule is Cc1c(CNCC2CCCO2)c(C(=O)O)c(C)n1Cc1ccc(F)cc1Cl. The third kappa shape index (κ3) is 4.34. The molecule has 1 atom stereocenters. The van der Waals surface area contributed by atoms with Gasteiger partial charge in [-0.2, -0.15) is 0 Å². The number of aromatic nitrogens is 1. The molecule has 1 unspecified atom stereocenters. The van der Waals surface area contributed by atoms with E-state index in [0.29, 0.717) is 35.9 Å². The van der Waals surface area contributed by atoms with Crippen LogP contribution in [0.15, 0.2) is 18.2 Å². The van der Waals surface area contributed by atoms with Crippen molar-refractivity contribution in [3.63, 3.8) is 0 Å². The molecule has 3 rings (SSSR count). The highest BCUT2D eigenvalue weighted by atomic mass is 35.5. The van der Waals surface area contributed by atoms with Crippen LogP contribution in [-0.2, 0) is 17.8 Å². The molecule has 2 aromatic rings. The summed E-state index contributed by atoms with van der Waals surface area (Å²) in [5.74, 6) is -1.34. The highest BCUT2D eigenvalue weighted by molar-refractivity contribution is 6.31. The maximum atomic E-state index is 13.3. The minimum atomic E-state index is -0.950. The van der Waals surface area contributed by atoms with Gasteiger partial charge in [0.1, 0.15) is 5.82 Å². The molecule has 146 valence electrons. The zero-order chi connectivity index (χ0) is 19.6. The number of benzene rings is 1. The fourth-order valence-electron chi connectivity index (χ4n) is 3.67. The molecule has 0 amide bonds. The van der Waals surface area contributed by atoms with E-state index in [9.17, 15) is 14.3 Å². The van der Waals surface area contributed by atoms with E-state index in [1.807, 2.05) is 11.5 Å². The van der Waals surface area contributed by atoms with Crippen LogP contribution >= 0.6 is 11.6 Å². The Kier molecular flexibility index (Phi) is 6.19. The third-order valence-corrected chi connectivity index (χ3v) is 5.52. The lowest BCUT2D eigenvalue weighted by molar-refractivity contribution is 0.0694. The number of carboxylic acids is 1. The van der Waals surface area contributed by atoms with Crippen LogP contribution in [0.4, 0.5) is 4.39 Å². The Morgan fingerprint density at radius 1 is 1.41 bits per heavy atom. The van der Waals surface area contributed by atoms with Crippen LogP contribution in [0.2, 0.25) is 5.02 Å². The van der Waals surface area contributed by atoms with Gasteiger partial charge in [-0.15, -0.1) is 0 Å². The molecule has 1 saturated heterocycles. The van der Waals surface area contributed by atoms with Crippen LogP contribution < -0.4 is 5.32 Å². The number of halogens is 2. The van der Waals surface area contributed by atoms with Crippen LogP contribution in [0, 0.1) is 19.7 Å². The topological polar surface area (TPSA) is 63.5 Å². The van der Waals surface area contributed by atoms with E-state index in [0.717, 1.165) is 36.3 Å². The number of nitrogens with one attached hydrogen (secondary N) is 1. The van der Waals surface area contributed by atoms with Gasteiger partial charge in [-0.25, -0.2) is 9.18 Å². The molecule has 1 fully saturated rings. The summed E-state index contributed by atoms with van der Waals surface area (Å²) in [5, 5.41) is 13.4. The van der Waals surface area contributed by atoms with Gasteiger partial charge in [-0.3, -0.25) is 0 Å². The highest BCUT2D eigenvalue weighted by Crippen LogP contribution is 2.26. The Morgan fingerprint density at radius 3 is 2.81 bits per heavy atom. The predicted octanol–water partition coefficient (Wildman–Crippen LogP) is 3.91. The number of nitrogens with zero attached hydrogens (tertiary/aromatic N) is 1. The molecule has 0 saturated carbocycles. The standard InChI is InChI=1S/C20H24ClFN2O3/c1-12-17(10-23-9-16-4-3-7-27-16)19(20(25)26)13(2)24(12)11-14-5-6-15(22)8-18(14)21/h5-6,8,16,23H,3-4,7,9-11H2,1-2H3,(H,25,26). The Hall–Kier alpha value is -1.89. The molecule has 0 aliphatic carbocycles. The summed E-state index contributed by atoms with van der Waals surface area (Å²) in [6.07, 6.45) is 2.29. The first-order valence-electron chi connectivity index (χ1n) is 9.06. The molecule has 0 spiro atoms. The minimum Gasteiger partial charge on any atom is -0.478 e. The van der Waals surface area contributed by atoms with E-state index in [2.05, 4.69) is 5.32 Å². The number of ether oxygens (including phenoxy) is 1. The van der Waals surface area contributed by atoms with Crippen LogP contribution in [0.3, 0.4) is 0 Å². The normalized spacial score (nSPS) is 16.8. The first-order chi connectivity index (χ1) is 12.9. The second kappa shape index (κ2) is 8.42. The molecule has 1 aliphatic rings. The summed E-state index contributed by atoms with van der Waals surface area (Å²) >= 11 is 6.15. The molecule has 2 N–H and O–H groups in total. The average Bonchev–Trinajstić information content (AvgIpc) is 3.19. The molecule has 2 heterocycles. The van der Waals surface area contributed by atoms with Gasteiger partial charge in [0, 0.05) is 48.2 Å². The smallest absolute Gasteiger partial charge is 0.337 e. The molecule has 0 radical (unpaired) electrons. The molecular formula is C20H24ClFN2O3. The first-order valence-corrected chi connectivity index (χ1v) is 9.44. The third-order valence-electron chi connectivity index (χ3n) is 5.17. The number of carboxylic acid groups (broad SMARTS) is 1. The van der Waals surface area contributed by atoms with Crippen molar-refractivity contribution in [3.8, 4) is 0 Å². The average molecular weight is 395 g/mol. The van der Waals surface area contributed by atoms with Gasteiger partial charge in [0.15, 0.2) is 0 Å². The Bertz CT molecular complexity index is 844. The molecule has 1 aromatic heterocycles. The van der Waals surface area contributed by atoms with Crippen LogP contribution in [0.25, 0.3) is 0 Å². The largest absolute Gasteiger partial charge is 0.478 e. The number of rotatable bonds is 7. The zero-order valence-electron chi connectivity index (χ0n) is 15.5. The van der Waals surface area contributed by atoms with Crippen molar-refractivity contribution in [2.75, 3.05) is 13.2 Å². The summed E-state index contributed by atoms with van der Waals surface area (Å²) in [6.45, 7) is 6.03. The second-order valence-corrected chi connectivity index (χ2v) is 7.32. The maximum Gasteiger partial charge on any atom is 0.337 e. The van der Waals surface area contributed by atoms with E-state index in [4.69, 9.17) is 16.3 Å². The lowest BCUT2D eigenvalue weighted by Gasteiger charge is -2.13. The summed E-state index contributed by atoms with van der Waals surface area (Å²) in [5.41, 5.74) is 3.34. The van der Waals surface area contributed by atoms with Crippen molar-refractivity contribution in [2.45, 2.75) is 45.9 Å². The molecule has 0 bridgehead atoms. The van der Waals surface area contributed by atoms with Gasteiger partial charge in [0.25, 0.3) is 0 Å². The van der Waals surface area contributed by atoms with E-state index in [1.165, 1.54) is 12.1 Å². The lowest BCUT2D eigenvalue weighted by Crippen LogP contribution is -2.26. The molecular weight excluding hydrogens is 371 g/mol. The van der Waals surface area contributed by atoms with E-state index >= 15 is 0 Å². The summed E-state index contributed by atoms with van der Waals surface area (Å²) in [4.78, 5) is 11.9. The lowest BCUT2D eigenvalue weighted by atomic mass is 10.1. The van der Waals surface area contributed by atoms with Crippen molar-refractivity contribution in [3.05, 3.63) is 57.1 Å².